The lowest BCUT2D eigenvalue weighted by atomic mass is 10.1. The molecule has 6 N–H and O–H groups in total. The van der Waals surface area contributed by atoms with E-state index in [1.165, 1.54) is 0 Å². The van der Waals surface area contributed by atoms with Gasteiger partial charge in [0.1, 0.15) is 11.6 Å². The Morgan fingerprint density at radius 2 is 1.71 bits per heavy atom. The standard InChI is InChI=1S/C24H31N5O5/c1-5-33-21(31)19(29-23(32)34-24(2,3)4)13-15-9-11-17(12-10-15)27-20(30)16-7-6-8-18(14-16)28-22(25)26/h6-12,14,19H,5,13H2,1-4H3,(H,27,30)(H,29,32)(H4,25,26,28). The zero-order valence-electron chi connectivity index (χ0n) is 19.7. The van der Waals surface area contributed by atoms with E-state index in [9.17, 15) is 14.4 Å². The van der Waals surface area contributed by atoms with Crippen molar-refractivity contribution in [2.75, 3.05) is 17.2 Å². The van der Waals surface area contributed by atoms with E-state index in [4.69, 9.17) is 20.6 Å². The van der Waals surface area contributed by atoms with Crippen LogP contribution in [0.3, 0.4) is 0 Å². The smallest absolute Gasteiger partial charge is 0.408 e. The average molecular weight is 470 g/mol. The van der Waals surface area contributed by atoms with Gasteiger partial charge in [-0.2, -0.15) is 0 Å². The van der Waals surface area contributed by atoms with Gasteiger partial charge in [0.15, 0.2) is 5.96 Å². The van der Waals surface area contributed by atoms with Gasteiger partial charge in [-0.15, -0.1) is 0 Å². The second kappa shape index (κ2) is 11.7. The molecule has 1 unspecified atom stereocenters. The maximum absolute atomic E-state index is 12.6. The number of anilines is 2. The number of hydrogen-bond donors (Lipinski definition) is 5. The Kier molecular flexibility index (Phi) is 9.00. The summed E-state index contributed by atoms with van der Waals surface area (Å²) >= 11 is 0. The first-order valence-electron chi connectivity index (χ1n) is 10.7. The van der Waals surface area contributed by atoms with Gasteiger partial charge in [0.05, 0.1) is 6.61 Å². The number of carbonyl (C=O) groups excluding carboxylic acids is 3. The number of carbonyl (C=O) groups is 3. The Bertz CT molecular complexity index is 1030. The van der Waals surface area contributed by atoms with Crippen molar-refractivity contribution in [3.05, 3.63) is 59.7 Å². The molecule has 1 atom stereocenters. The largest absolute Gasteiger partial charge is 0.464 e. The second-order valence-electron chi connectivity index (χ2n) is 8.43. The summed E-state index contributed by atoms with van der Waals surface area (Å²) in [4.78, 5) is 37.1. The number of nitrogens with two attached hydrogens (primary N) is 1. The molecule has 0 bridgehead atoms. The quantitative estimate of drug-likeness (QED) is 0.226. The number of rotatable bonds is 8. The highest BCUT2D eigenvalue weighted by atomic mass is 16.6. The van der Waals surface area contributed by atoms with E-state index >= 15 is 0 Å². The van der Waals surface area contributed by atoms with Gasteiger partial charge in [-0.1, -0.05) is 18.2 Å². The number of nitrogens with one attached hydrogen (secondary N) is 4. The molecule has 182 valence electrons. The van der Waals surface area contributed by atoms with Crippen LogP contribution >= 0.6 is 0 Å². The van der Waals surface area contributed by atoms with E-state index in [1.807, 2.05) is 0 Å². The number of guanidine groups is 1. The Hall–Kier alpha value is -4.08. The first-order chi connectivity index (χ1) is 16.0. The summed E-state index contributed by atoms with van der Waals surface area (Å²) in [5.41, 5.74) is 6.83. The van der Waals surface area contributed by atoms with Crippen LogP contribution in [0.1, 0.15) is 43.6 Å². The summed E-state index contributed by atoms with van der Waals surface area (Å²) < 4.78 is 10.3. The average Bonchev–Trinajstić information content (AvgIpc) is 2.73. The fraction of sp³-hybridized carbons (Fsp3) is 0.333. The molecule has 34 heavy (non-hydrogen) atoms. The predicted molar refractivity (Wildman–Crippen MR) is 130 cm³/mol. The van der Waals surface area contributed by atoms with Crippen molar-refractivity contribution in [1.82, 2.24) is 5.32 Å². The molecule has 0 saturated carbocycles. The Balaban J connectivity index is 2.06. The van der Waals surface area contributed by atoms with E-state index in [0.717, 1.165) is 5.56 Å². The van der Waals surface area contributed by atoms with Crippen LogP contribution in [0.2, 0.25) is 0 Å². The molecule has 0 aliphatic rings. The van der Waals surface area contributed by atoms with Gasteiger partial charge in [0.2, 0.25) is 0 Å². The Morgan fingerprint density at radius 1 is 1.03 bits per heavy atom. The van der Waals surface area contributed by atoms with Gasteiger partial charge in [-0.3, -0.25) is 10.2 Å². The van der Waals surface area contributed by atoms with Crippen molar-refractivity contribution in [2.45, 2.75) is 45.8 Å². The molecule has 2 rings (SSSR count). The molecule has 2 amide bonds. The SMILES string of the molecule is CCOC(=O)C(Cc1ccc(NC(=O)c2cccc(NC(=N)N)c2)cc1)NC(=O)OC(C)(C)C. The monoisotopic (exact) mass is 469 g/mol. The number of hydrogen-bond acceptors (Lipinski definition) is 6. The molecular formula is C24H31N5O5. The fourth-order valence-electron chi connectivity index (χ4n) is 2.94. The number of amides is 2. The molecule has 0 fully saturated rings. The van der Waals surface area contributed by atoms with Crippen LogP contribution in [0.5, 0.6) is 0 Å². The van der Waals surface area contributed by atoms with Gasteiger partial charge >= 0.3 is 12.1 Å². The van der Waals surface area contributed by atoms with Gasteiger partial charge in [0.25, 0.3) is 5.91 Å². The summed E-state index contributed by atoms with van der Waals surface area (Å²) in [6.45, 7) is 7.06. The lowest BCUT2D eigenvalue weighted by molar-refractivity contribution is -0.145. The van der Waals surface area contributed by atoms with Gasteiger partial charge in [-0.25, -0.2) is 9.59 Å². The maximum Gasteiger partial charge on any atom is 0.408 e. The lowest BCUT2D eigenvalue weighted by Crippen LogP contribution is -2.45. The lowest BCUT2D eigenvalue weighted by Gasteiger charge is -2.23. The minimum absolute atomic E-state index is 0.180. The minimum Gasteiger partial charge on any atom is -0.464 e. The summed E-state index contributed by atoms with van der Waals surface area (Å²) in [6.07, 6.45) is -0.527. The van der Waals surface area contributed by atoms with Crippen LogP contribution in [-0.2, 0) is 20.7 Å². The van der Waals surface area contributed by atoms with Crippen LogP contribution in [0.25, 0.3) is 0 Å². The van der Waals surface area contributed by atoms with Crippen LogP contribution < -0.4 is 21.7 Å². The molecule has 0 spiro atoms. The summed E-state index contributed by atoms with van der Waals surface area (Å²) in [6, 6.07) is 12.5. The number of benzene rings is 2. The molecule has 0 heterocycles. The van der Waals surface area contributed by atoms with Crippen molar-refractivity contribution in [2.24, 2.45) is 5.73 Å². The molecule has 0 radical (unpaired) electrons. The van der Waals surface area contributed by atoms with Crippen molar-refractivity contribution >= 4 is 35.3 Å². The molecular weight excluding hydrogens is 438 g/mol. The van der Waals surface area contributed by atoms with Crippen molar-refractivity contribution < 1.29 is 23.9 Å². The molecule has 2 aromatic carbocycles. The zero-order valence-corrected chi connectivity index (χ0v) is 19.7. The van der Waals surface area contributed by atoms with Gasteiger partial charge in [-0.05, 0) is 63.6 Å². The second-order valence-corrected chi connectivity index (χ2v) is 8.43. The first-order valence-corrected chi connectivity index (χ1v) is 10.7. The van der Waals surface area contributed by atoms with E-state index in [0.29, 0.717) is 16.9 Å². The number of alkyl carbamates (subject to hydrolysis) is 1. The molecule has 0 saturated heterocycles. The molecule has 0 aromatic heterocycles. The minimum atomic E-state index is -0.924. The third-order valence-corrected chi connectivity index (χ3v) is 4.32. The summed E-state index contributed by atoms with van der Waals surface area (Å²) in [5, 5.41) is 15.3. The van der Waals surface area contributed by atoms with Gasteiger partial charge < -0.3 is 31.2 Å². The van der Waals surface area contributed by atoms with E-state index in [-0.39, 0.29) is 24.9 Å². The number of esters is 1. The molecule has 10 nitrogen and oxygen atoms in total. The van der Waals surface area contributed by atoms with Crippen molar-refractivity contribution in [3.63, 3.8) is 0 Å². The molecule has 0 aliphatic heterocycles. The summed E-state index contributed by atoms with van der Waals surface area (Å²) in [7, 11) is 0. The Morgan fingerprint density at radius 3 is 2.29 bits per heavy atom. The third kappa shape index (κ3) is 8.81. The van der Waals surface area contributed by atoms with E-state index < -0.39 is 23.7 Å². The maximum atomic E-state index is 12.6. The van der Waals surface area contributed by atoms with Crippen LogP contribution in [0.4, 0.5) is 16.2 Å². The summed E-state index contributed by atoms with van der Waals surface area (Å²) in [5.74, 6) is -1.13. The topological polar surface area (TPSA) is 156 Å². The molecule has 10 heteroatoms. The van der Waals surface area contributed by atoms with Crippen molar-refractivity contribution in [1.29, 1.82) is 5.41 Å². The predicted octanol–water partition coefficient (Wildman–Crippen LogP) is 3.24. The molecule has 2 aromatic rings. The Labute approximate surface area is 198 Å². The van der Waals surface area contributed by atoms with Crippen LogP contribution in [0.15, 0.2) is 48.5 Å². The third-order valence-electron chi connectivity index (χ3n) is 4.32. The van der Waals surface area contributed by atoms with Crippen LogP contribution in [0, 0.1) is 5.41 Å². The molecule has 0 aliphatic carbocycles. The fourth-order valence-corrected chi connectivity index (χ4v) is 2.94. The van der Waals surface area contributed by atoms with E-state index in [2.05, 4.69) is 16.0 Å². The number of ether oxygens (including phenoxy) is 2. The van der Waals surface area contributed by atoms with E-state index in [1.54, 1.807) is 76.2 Å². The normalized spacial score (nSPS) is 11.6. The highest BCUT2D eigenvalue weighted by Crippen LogP contribution is 2.16. The highest BCUT2D eigenvalue weighted by molar-refractivity contribution is 6.05. The zero-order chi connectivity index (χ0) is 25.3. The highest BCUT2D eigenvalue weighted by Gasteiger charge is 2.25. The van der Waals surface area contributed by atoms with Crippen molar-refractivity contribution in [3.8, 4) is 0 Å². The van der Waals surface area contributed by atoms with Crippen LogP contribution in [-0.4, -0.2) is 42.2 Å². The first kappa shape index (κ1) is 26.2. The van der Waals surface area contributed by atoms with Gasteiger partial charge in [0, 0.05) is 23.4 Å².